The van der Waals surface area contributed by atoms with E-state index < -0.39 is 0 Å². The molecule has 0 radical (unpaired) electrons. The third-order valence-corrected chi connectivity index (χ3v) is 3.81. The van der Waals surface area contributed by atoms with E-state index in [9.17, 15) is 10.1 Å². The van der Waals surface area contributed by atoms with E-state index in [1.165, 1.54) is 38.2 Å². The summed E-state index contributed by atoms with van der Waals surface area (Å²) in [5.41, 5.74) is 0.998. The average molecular weight is 248 g/mol. The molecule has 1 aliphatic rings. The van der Waals surface area contributed by atoms with Crippen LogP contribution >= 0.6 is 0 Å². The number of non-ortho nitro benzene ring substituents is 1. The zero-order valence-electron chi connectivity index (χ0n) is 10.8. The van der Waals surface area contributed by atoms with Crippen molar-refractivity contribution in [1.82, 2.24) is 0 Å². The van der Waals surface area contributed by atoms with Gasteiger partial charge in [-0.25, -0.2) is 0 Å². The summed E-state index contributed by atoms with van der Waals surface area (Å²) in [7, 11) is 0. The molecule has 1 fully saturated rings. The Kier molecular flexibility index (Phi) is 4.18. The second-order valence-corrected chi connectivity index (χ2v) is 5.14. The van der Waals surface area contributed by atoms with Gasteiger partial charge in [0.2, 0.25) is 0 Å². The van der Waals surface area contributed by atoms with Crippen molar-refractivity contribution in [2.24, 2.45) is 5.92 Å². The highest BCUT2D eigenvalue weighted by atomic mass is 16.6. The molecule has 1 atom stereocenters. The Morgan fingerprint density at radius 2 is 2.06 bits per heavy atom. The van der Waals surface area contributed by atoms with Gasteiger partial charge >= 0.3 is 0 Å². The fraction of sp³-hybridized carbons (Fsp3) is 0.571. The van der Waals surface area contributed by atoms with Crippen molar-refractivity contribution in [2.75, 3.05) is 5.32 Å². The number of hydrogen-bond acceptors (Lipinski definition) is 3. The normalized spacial score (nSPS) is 18.3. The van der Waals surface area contributed by atoms with Crippen molar-refractivity contribution in [1.29, 1.82) is 0 Å². The van der Waals surface area contributed by atoms with Crippen LogP contribution in [0.3, 0.4) is 0 Å². The molecule has 0 saturated heterocycles. The van der Waals surface area contributed by atoms with Gasteiger partial charge in [-0.05, 0) is 31.7 Å². The average Bonchev–Trinajstić information content (AvgIpc) is 2.40. The topological polar surface area (TPSA) is 55.2 Å². The molecule has 18 heavy (non-hydrogen) atoms. The minimum absolute atomic E-state index is 0.149. The minimum Gasteiger partial charge on any atom is -0.382 e. The fourth-order valence-corrected chi connectivity index (χ4v) is 2.72. The SMILES string of the molecule is CC(Nc1cccc([N+](=O)[O-])c1)C1CCCCC1. The first-order valence-corrected chi connectivity index (χ1v) is 6.68. The molecule has 4 nitrogen and oxygen atoms in total. The van der Waals surface area contributed by atoms with Gasteiger partial charge in [-0.3, -0.25) is 10.1 Å². The summed E-state index contributed by atoms with van der Waals surface area (Å²) in [6.07, 6.45) is 6.50. The van der Waals surface area contributed by atoms with Gasteiger partial charge in [0.15, 0.2) is 0 Å². The number of rotatable bonds is 4. The largest absolute Gasteiger partial charge is 0.382 e. The van der Waals surface area contributed by atoms with Crippen LogP contribution in [0.1, 0.15) is 39.0 Å². The maximum atomic E-state index is 10.7. The first-order valence-electron chi connectivity index (χ1n) is 6.68. The zero-order chi connectivity index (χ0) is 13.0. The van der Waals surface area contributed by atoms with Gasteiger partial charge in [-0.2, -0.15) is 0 Å². The van der Waals surface area contributed by atoms with Gasteiger partial charge in [0.25, 0.3) is 5.69 Å². The van der Waals surface area contributed by atoms with Gasteiger partial charge < -0.3 is 5.32 Å². The molecule has 0 amide bonds. The monoisotopic (exact) mass is 248 g/mol. The Labute approximate surface area is 108 Å². The van der Waals surface area contributed by atoms with Gasteiger partial charge in [-0.1, -0.05) is 25.3 Å². The Morgan fingerprint density at radius 1 is 1.33 bits per heavy atom. The molecule has 0 bridgehead atoms. The Hall–Kier alpha value is -1.58. The molecule has 0 aliphatic heterocycles. The van der Waals surface area contributed by atoms with Crippen LogP contribution < -0.4 is 5.32 Å². The third kappa shape index (κ3) is 3.22. The first-order chi connectivity index (χ1) is 8.66. The standard InChI is InChI=1S/C14H20N2O2/c1-11(12-6-3-2-4-7-12)15-13-8-5-9-14(10-13)16(17)18/h5,8-12,15H,2-4,6-7H2,1H3. The quantitative estimate of drug-likeness (QED) is 0.647. The fourth-order valence-electron chi connectivity index (χ4n) is 2.72. The second-order valence-electron chi connectivity index (χ2n) is 5.14. The maximum Gasteiger partial charge on any atom is 0.271 e. The van der Waals surface area contributed by atoms with Crippen molar-refractivity contribution in [3.8, 4) is 0 Å². The van der Waals surface area contributed by atoms with E-state index in [2.05, 4.69) is 12.2 Å². The van der Waals surface area contributed by atoms with Gasteiger partial charge in [0.1, 0.15) is 0 Å². The molecule has 1 aromatic carbocycles. The number of nitrogens with zero attached hydrogens (tertiary/aromatic N) is 1. The summed E-state index contributed by atoms with van der Waals surface area (Å²) < 4.78 is 0. The van der Waals surface area contributed by atoms with E-state index in [4.69, 9.17) is 0 Å². The molecular formula is C14H20N2O2. The molecule has 1 aromatic rings. The van der Waals surface area contributed by atoms with E-state index in [-0.39, 0.29) is 10.6 Å². The molecule has 0 spiro atoms. The zero-order valence-corrected chi connectivity index (χ0v) is 10.8. The summed E-state index contributed by atoms with van der Waals surface area (Å²) in [6, 6.07) is 7.14. The van der Waals surface area contributed by atoms with Crippen molar-refractivity contribution < 1.29 is 4.92 Å². The lowest BCUT2D eigenvalue weighted by Crippen LogP contribution is -2.27. The van der Waals surface area contributed by atoms with Gasteiger partial charge in [-0.15, -0.1) is 0 Å². The summed E-state index contributed by atoms with van der Waals surface area (Å²) >= 11 is 0. The van der Waals surface area contributed by atoms with Crippen LogP contribution in [0.5, 0.6) is 0 Å². The highest BCUT2D eigenvalue weighted by molar-refractivity contribution is 5.51. The third-order valence-electron chi connectivity index (χ3n) is 3.81. The minimum atomic E-state index is -0.351. The maximum absolute atomic E-state index is 10.7. The number of nitro benzene ring substituents is 1. The molecule has 1 aliphatic carbocycles. The van der Waals surface area contributed by atoms with Crippen LogP contribution in [0.15, 0.2) is 24.3 Å². The van der Waals surface area contributed by atoms with Crippen molar-refractivity contribution in [2.45, 2.75) is 45.1 Å². The van der Waals surface area contributed by atoms with Crippen molar-refractivity contribution >= 4 is 11.4 Å². The number of hydrogen-bond donors (Lipinski definition) is 1. The number of anilines is 1. The molecule has 0 aromatic heterocycles. The van der Waals surface area contributed by atoms with E-state index in [1.807, 2.05) is 6.07 Å². The first kappa shape index (κ1) is 12.9. The highest BCUT2D eigenvalue weighted by Gasteiger charge is 2.20. The van der Waals surface area contributed by atoms with E-state index in [0.29, 0.717) is 12.0 Å². The van der Waals surface area contributed by atoms with Crippen LogP contribution in [0.25, 0.3) is 0 Å². The molecular weight excluding hydrogens is 228 g/mol. The smallest absolute Gasteiger partial charge is 0.271 e. The predicted molar refractivity (Wildman–Crippen MR) is 72.8 cm³/mol. The van der Waals surface area contributed by atoms with Crippen molar-refractivity contribution in [3.05, 3.63) is 34.4 Å². The highest BCUT2D eigenvalue weighted by Crippen LogP contribution is 2.28. The number of benzene rings is 1. The van der Waals surface area contributed by atoms with Gasteiger partial charge in [0, 0.05) is 23.9 Å². The number of nitro groups is 1. The predicted octanol–water partition coefficient (Wildman–Crippen LogP) is 3.98. The molecule has 1 N–H and O–H groups in total. The molecule has 98 valence electrons. The van der Waals surface area contributed by atoms with Crippen LogP contribution in [0, 0.1) is 16.0 Å². The summed E-state index contributed by atoms with van der Waals surface area (Å²) in [6.45, 7) is 2.18. The molecule has 1 saturated carbocycles. The lowest BCUT2D eigenvalue weighted by Gasteiger charge is -2.28. The Morgan fingerprint density at radius 3 is 2.72 bits per heavy atom. The molecule has 4 heteroatoms. The van der Waals surface area contributed by atoms with Crippen LogP contribution in [-0.2, 0) is 0 Å². The number of nitrogens with one attached hydrogen (secondary N) is 1. The molecule has 0 heterocycles. The Balaban J connectivity index is 1.99. The van der Waals surface area contributed by atoms with Gasteiger partial charge in [0.05, 0.1) is 4.92 Å². The lowest BCUT2D eigenvalue weighted by molar-refractivity contribution is -0.384. The Bertz CT molecular complexity index is 414. The second kappa shape index (κ2) is 5.85. The molecule has 2 rings (SSSR count). The summed E-state index contributed by atoms with van der Waals surface area (Å²) in [4.78, 5) is 10.4. The van der Waals surface area contributed by atoms with Crippen LogP contribution in [0.2, 0.25) is 0 Å². The van der Waals surface area contributed by atoms with E-state index >= 15 is 0 Å². The lowest BCUT2D eigenvalue weighted by atomic mass is 9.84. The van der Waals surface area contributed by atoms with E-state index in [0.717, 1.165) is 5.69 Å². The van der Waals surface area contributed by atoms with Crippen LogP contribution in [-0.4, -0.2) is 11.0 Å². The van der Waals surface area contributed by atoms with E-state index in [1.54, 1.807) is 12.1 Å². The van der Waals surface area contributed by atoms with Crippen LogP contribution in [0.4, 0.5) is 11.4 Å². The summed E-state index contributed by atoms with van der Waals surface area (Å²) in [5, 5.41) is 14.1. The van der Waals surface area contributed by atoms with Crippen molar-refractivity contribution in [3.63, 3.8) is 0 Å². The summed E-state index contributed by atoms with van der Waals surface area (Å²) in [5.74, 6) is 0.693. The molecule has 1 unspecified atom stereocenters.